The fraction of sp³-hybridized carbons (Fsp3) is 0.316. The Morgan fingerprint density at radius 1 is 1.28 bits per heavy atom. The molecule has 128 valence electrons. The van der Waals surface area contributed by atoms with Crippen molar-refractivity contribution in [1.29, 1.82) is 0 Å². The number of likely N-dealkylation sites (tertiary alicyclic amines) is 1. The van der Waals surface area contributed by atoms with Gasteiger partial charge in [-0.1, -0.05) is 6.07 Å². The third kappa shape index (κ3) is 2.88. The van der Waals surface area contributed by atoms with Crippen molar-refractivity contribution in [3.63, 3.8) is 0 Å². The Balaban J connectivity index is 1.61. The van der Waals surface area contributed by atoms with Crippen LogP contribution in [0.1, 0.15) is 34.8 Å². The van der Waals surface area contributed by atoms with Gasteiger partial charge in [-0.3, -0.25) is 9.48 Å². The van der Waals surface area contributed by atoms with Gasteiger partial charge in [0.2, 0.25) is 0 Å². The maximum absolute atomic E-state index is 13.4. The molecule has 0 N–H and O–H groups in total. The second kappa shape index (κ2) is 6.27. The normalized spacial score (nSPS) is 17.8. The number of piperidine rings is 1. The highest BCUT2D eigenvalue weighted by Gasteiger charge is 2.28. The van der Waals surface area contributed by atoms with Gasteiger partial charge in [0, 0.05) is 43.2 Å². The van der Waals surface area contributed by atoms with Crippen molar-refractivity contribution in [2.45, 2.75) is 18.8 Å². The second-order valence-electron chi connectivity index (χ2n) is 6.48. The summed E-state index contributed by atoms with van der Waals surface area (Å²) in [6.07, 6.45) is 3.65. The van der Waals surface area contributed by atoms with Gasteiger partial charge in [-0.2, -0.15) is 5.10 Å². The van der Waals surface area contributed by atoms with Crippen LogP contribution in [0.25, 0.3) is 11.0 Å². The van der Waals surface area contributed by atoms with Crippen molar-refractivity contribution in [2.75, 3.05) is 13.1 Å². The summed E-state index contributed by atoms with van der Waals surface area (Å²) in [5.41, 5.74) is 2.24. The molecule has 1 aromatic carbocycles. The van der Waals surface area contributed by atoms with E-state index in [1.54, 1.807) is 27.9 Å². The fourth-order valence-corrected chi connectivity index (χ4v) is 3.61. The van der Waals surface area contributed by atoms with Crippen molar-refractivity contribution >= 4 is 16.9 Å². The SMILES string of the molecule is Cn1nc([C@H]2CCCN(C(=O)c3cccc(F)c3)C2)c2cccnc21. The number of hydrogen-bond donors (Lipinski definition) is 0. The number of aryl methyl sites for hydroxylation is 1. The van der Waals surface area contributed by atoms with Crippen LogP contribution in [0.15, 0.2) is 42.6 Å². The van der Waals surface area contributed by atoms with Crippen LogP contribution in [-0.2, 0) is 7.05 Å². The summed E-state index contributed by atoms with van der Waals surface area (Å²) in [5, 5.41) is 5.69. The van der Waals surface area contributed by atoms with Crippen molar-refractivity contribution in [3.8, 4) is 0 Å². The van der Waals surface area contributed by atoms with Crippen LogP contribution in [0.2, 0.25) is 0 Å². The topological polar surface area (TPSA) is 51.0 Å². The lowest BCUT2D eigenvalue weighted by molar-refractivity contribution is 0.0705. The first-order chi connectivity index (χ1) is 12.1. The second-order valence-corrected chi connectivity index (χ2v) is 6.48. The standard InChI is InChI=1S/C19H19FN4O/c1-23-18-16(8-3-9-21-18)17(22-23)14-6-4-10-24(12-14)19(25)13-5-2-7-15(20)11-13/h2-3,5,7-9,11,14H,4,6,10,12H2,1H3/t14-/m0/s1. The summed E-state index contributed by atoms with van der Waals surface area (Å²) in [6, 6.07) is 9.82. The minimum absolute atomic E-state index is 0.123. The number of halogens is 1. The van der Waals surface area contributed by atoms with Gasteiger partial charge in [0.05, 0.1) is 5.69 Å². The molecule has 0 bridgehead atoms. The van der Waals surface area contributed by atoms with Crippen molar-refractivity contribution in [3.05, 3.63) is 59.7 Å². The van der Waals surface area contributed by atoms with Crippen LogP contribution in [0.5, 0.6) is 0 Å². The van der Waals surface area contributed by atoms with Crippen LogP contribution in [0.3, 0.4) is 0 Å². The summed E-state index contributed by atoms with van der Waals surface area (Å²) in [7, 11) is 1.89. The molecule has 1 atom stereocenters. The molecule has 5 nitrogen and oxygen atoms in total. The summed E-state index contributed by atoms with van der Waals surface area (Å²) >= 11 is 0. The zero-order valence-electron chi connectivity index (χ0n) is 14.0. The van der Waals surface area contributed by atoms with Crippen LogP contribution in [0.4, 0.5) is 4.39 Å². The summed E-state index contributed by atoms with van der Waals surface area (Å²) < 4.78 is 15.2. The molecule has 3 aromatic rings. The van der Waals surface area contributed by atoms with E-state index < -0.39 is 0 Å². The maximum atomic E-state index is 13.4. The number of rotatable bonds is 2. The van der Waals surface area contributed by atoms with E-state index in [-0.39, 0.29) is 17.6 Å². The van der Waals surface area contributed by atoms with Crippen molar-refractivity contribution < 1.29 is 9.18 Å². The molecular weight excluding hydrogens is 319 g/mol. The van der Waals surface area contributed by atoms with Gasteiger partial charge < -0.3 is 4.90 Å². The molecule has 1 aliphatic heterocycles. The number of amides is 1. The van der Waals surface area contributed by atoms with E-state index in [0.29, 0.717) is 18.7 Å². The zero-order chi connectivity index (χ0) is 17.4. The summed E-state index contributed by atoms with van der Waals surface area (Å²) in [6.45, 7) is 1.28. The third-order valence-corrected chi connectivity index (χ3v) is 4.79. The van der Waals surface area contributed by atoms with Crippen LogP contribution in [-0.4, -0.2) is 38.7 Å². The Morgan fingerprint density at radius 3 is 3.00 bits per heavy atom. The molecule has 2 aromatic heterocycles. The van der Waals surface area contributed by atoms with Crippen molar-refractivity contribution in [2.24, 2.45) is 7.05 Å². The Bertz CT molecular complexity index is 936. The fourth-order valence-electron chi connectivity index (χ4n) is 3.61. The van der Waals surface area contributed by atoms with Crippen LogP contribution in [0, 0.1) is 5.82 Å². The highest BCUT2D eigenvalue weighted by atomic mass is 19.1. The lowest BCUT2D eigenvalue weighted by atomic mass is 9.93. The van der Waals surface area contributed by atoms with Gasteiger partial charge in [0.15, 0.2) is 5.65 Å². The number of benzene rings is 1. The monoisotopic (exact) mass is 338 g/mol. The van der Waals surface area contributed by atoms with Crippen molar-refractivity contribution in [1.82, 2.24) is 19.7 Å². The molecule has 6 heteroatoms. The average Bonchev–Trinajstić information content (AvgIpc) is 2.98. The minimum atomic E-state index is -0.388. The molecule has 1 saturated heterocycles. The molecule has 1 fully saturated rings. The number of nitrogens with zero attached hydrogens (tertiary/aromatic N) is 4. The highest BCUT2D eigenvalue weighted by Crippen LogP contribution is 2.31. The molecule has 0 spiro atoms. The smallest absolute Gasteiger partial charge is 0.253 e. The molecule has 1 amide bonds. The Morgan fingerprint density at radius 2 is 2.16 bits per heavy atom. The number of carbonyl (C=O) groups is 1. The van der Waals surface area contributed by atoms with Crippen LogP contribution < -0.4 is 0 Å². The molecule has 0 saturated carbocycles. The van der Waals surface area contributed by atoms with Gasteiger partial charge in [0.25, 0.3) is 5.91 Å². The first-order valence-electron chi connectivity index (χ1n) is 8.46. The largest absolute Gasteiger partial charge is 0.338 e. The van der Waals surface area contributed by atoms with Gasteiger partial charge in [-0.15, -0.1) is 0 Å². The van der Waals surface area contributed by atoms with Gasteiger partial charge >= 0.3 is 0 Å². The highest BCUT2D eigenvalue weighted by molar-refractivity contribution is 5.94. The quantitative estimate of drug-likeness (QED) is 0.721. The molecule has 0 unspecified atom stereocenters. The Kier molecular flexibility index (Phi) is 3.95. The third-order valence-electron chi connectivity index (χ3n) is 4.79. The molecule has 0 radical (unpaired) electrons. The predicted molar refractivity (Wildman–Crippen MR) is 92.8 cm³/mol. The molecule has 3 heterocycles. The Hall–Kier alpha value is -2.76. The molecule has 1 aliphatic rings. The van der Waals surface area contributed by atoms with E-state index in [1.165, 1.54) is 12.1 Å². The molecule has 0 aliphatic carbocycles. The summed E-state index contributed by atoms with van der Waals surface area (Å²) in [4.78, 5) is 18.9. The summed E-state index contributed by atoms with van der Waals surface area (Å²) in [5.74, 6) is -0.345. The number of pyridine rings is 1. The van der Waals surface area contributed by atoms with Crippen LogP contribution >= 0.6 is 0 Å². The molecule has 4 rings (SSSR count). The van der Waals surface area contributed by atoms with E-state index >= 15 is 0 Å². The van der Waals surface area contributed by atoms with E-state index in [2.05, 4.69) is 10.1 Å². The first kappa shape index (κ1) is 15.7. The lowest BCUT2D eigenvalue weighted by Crippen LogP contribution is -2.39. The lowest BCUT2D eigenvalue weighted by Gasteiger charge is -2.32. The number of hydrogen-bond acceptors (Lipinski definition) is 3. The predicted octanol–water partition coefficient (Wildman–Crippen LogP) is 3.13. The van der Waals surface area contributed by atoms with E-state index in [0.717, 1.165) is 29.6 Å². The number of aromatic nitrogens is 3. The van der Waals surface area contributed by atoms with Gasteiger partial charge in [-0.25, -0.2) is 9.37 Å². The minimum Gasteiger partial charge on any atom is -0.338 e. The number of carbonyl (C=O) groups excluding carboxylic acids is 1. The van der Waals surface area contributed by atoms with E-state index in [9.17, 15) is 9.18 Å². The van der Waals surface area contributed by atoms with Gasteiger partial charge in [0.1, 0.15) is 5.82 Å². The first-order valence-corrected chi connectivity index (χ1v) is 8.46. The van der Waals surface area contributed by atoms with E-state index in [4.69, 9.17) is 0 Å². The molecule has 25 heavy (non-hydrogen) atoms. The van der Waals surface area contributed by atoms with E-state index in [1.807, 2.05) is 19.2 Å². The van der Waals surface area contributed by atoms with Gasteiger partial charge in [-0.05, 0) is 43.2 Å². The Labute approximate surface area is 145 Å². The maximum Gasteiger partial charge on any atom is 0.253 e. The molecular formula is C19H19FN4O. The zero-order valence-corrected chi connectivity index (χ0v) is 14.0. The number of fused-ring (bicyclic) bond motifs is 1. The average molecular weight is 338 g/mol.